The highest BCUT2D eigenvalue weighted by molar-refractivity contribution is 5.01. The van der Waals surface area contributed by atoms with Gasteiger partial charge in [0.1, 0.15) is 6.17 Å². The minimum absolute atomic E-state index is 0.381. The SMILES string of the molecule is FC1C2CCCC12. The second kappa shape index (κ2) is 1.01. The smallest absolute Gasteiger partial charge is 0.106 e. The van der Waals surface area contributed by atoms with E-state index in [4.69, 9.17) is 0 Å². The van der Waals surface area contributed by atoms with Crippen LogP contribution in [0.2, 0.25) is 0 Å². The van der Waals surface area contributed by atoms with Crippen LogP contribution in [0.25, 0.3) is 0 Å². The van der Waals surface area contributed by atoms with E-state index in [1.54, 1.807) is 0 Å². The molecule has 0 aromatic heterocycles. The van der Waals surface area contributed by atoms with E-state index in [2.05, 4.69) is 0 Å². The number of alkyl halides is 1. The van der Waals surface area contributed by atoms with Crippen molar-refractivity contribution in [1.82, 2.24) is 0 Å². The molecule has 0 amide bonds. The number of hydrogen-bond donors (Lipinski definition) is 0. The van der Waals surface area contributed by atoms with Crippen LogP contribution in [-0.4, -0.2) is 6.17 Å². The van der Waals surface area contributed by atoms with E-state index in [0.717, 1.165) is 0 Å². The second-order valence-corrected chi connectivity index (χ2v) is 2.70. The molecule has 0 nitrogen and oxygen atoms in total. The van der Waals surface area contributed by atoms with Crippen molar-refractivity contribution in [1.29, 1.82) is 0 Å². The molecule has 2 fully saturated rings. The van der Waals surface area contributed by atoms with Gasteiger partial charge in [-0.05, 0) is 24.7 Å². The molecule has 7 heavy (non-hydrogen) atoms. The van der Waals surface area contributed by atoms with Crippen molar-refractivity contribution in [2.24, 2.45) is 11.8 Å². The lowest BCUT2D eigenvalue weighted by molar-refractivity contribution is 0.399. The summed E-state index contributed by atoms with van der Waals surface area (Å²) in [6.07, 6.45) is 3.25. The van der Waals surface area contributed by atoms with Gasteiger partial charge in [-0.2, -0.15) is 0 Å². The fourth-order valence-corrected chi connectivity index (χ4v) is 1.73. The standard InChI is InChI=1S/C6H9F/c7-6-4-2-1-3-5(4)6/h4-6H,1-3H2. The molecular formula is C6H9F. The Morgan fingerprint density at radius 3 is 2.00 bits per heavy atom. The van der Waals surface area contributed by atoms with Gasteiger partial charge in [-0.25, -0.2) is 4.39 Å². The number of fused-ring (bicyclic) bond motifs is 1. The third-order valence-corrected chi connectivity index (χ3v) is 2.30. The Kier molecular flexibility index (Phi) is 0.561. The maximum absolute atomic E-state index is 12.2. The Hall–Kier alpha value is -0.0700. The monoisotopic (exact) mass is 100 g/mol. The molecule has 2 aliphatic carbocycles. The van der Waals surface area contributed by atoms with Crippen LogP contribution in [0.15, 0.2) is 0 Å². The third kappa shape index (κ3) is 0.361. The van der Waals surface area contributed by atoms with Gasteiger partial charge in [0.05, 0.1) is 0 Å². The summed E-state index contributed by atoms with van der Waals surface area (Å²) in [5, 5.41) is 0. The molecule has 2 unspecified atom stereocenters. The van der Waals surface area contributed by atoms with E-state index in [0.29, 0.717) is 11.8 Å². The van der Waals surface area contributed by atoms with Gasteiger partial charge in [0.2, 0.25) is 0 Å². The van der Waals surface area contributed by atoms with Crippen LogP contribution in [0.5, 0.6) is 0 Å². The molecule has 2 aliphatic rings. The number of halogens is 1. The summed E-state index contributed by atoms with van der Waals surface area (Å²) in [4.78, 5) is 0. The lowest BCUT2D eigenvalue weighted by Crippen LogP contribution is -1.81. The van der Waals surface area contributed by atoms with Crippen molar-refractivity contribution in [3.63, 3.8) is 0 Å². The minimum Gasteiger partial charge on any atom is -0.247 e. The van der Waals surface area contributed by atoms with Crippen molar-refractivity contribution in [2.75, 3.05) is 0 Å². The van der Waals surface area contributed by atoms with E-state index in [-0.39, 0.29) is 6.17 Å². The van der Waals surface area contributed by atoms with Crippen LogP contribution in [0, 0.1) is 11.8 Å². The largest absolute Gasteiger partial charge is 0.247 e. The zero-order chi connectivity index (χ0) is 4.85. The molecule has 0 heterocycles. The molecule has 0 aliphatic heterocycles. The first-order valence-electron chi connectivity index (χ1n) is 3.03. The molecule has 0 saturated heterocycles. The first kappa shape index (κ1) is 3.88. The van der Waals surface area contributed by atoms with Crippen LogP contribution >= 0.6 is 0 Å². The van der Waals surface area contributed by atoms with Crippen molar-refractivity contribution in [2.45, 2.75) is 25.4 Å². The molecule has 1 heteroatoms. The number of hydrogen-bond acceptors (Lipinski definition) is 0. The molecule has 2 atom stereocenters. The Morgan fingerprint density at radius 1 is 1.14 bits per heavy atom. The van der Waals surface area contributed by atoms with Crippen molar-refractivity contribution in [3.05, 3.63) is 0 Å². The van der Waals surface area contributed by atoms with Gasteiger partial charge in [0, 0.05) is 0 Å². The molecule has 2 rings (SSSR count). The van der Waals surface area contributed by atoms with Crippen molar-refractivity contribution >= 4 is 0 Å². The van der Waals surface area contributed by atoms with E-state index >= 15 is 0 Å². The average molecular weight is 100 g/mol. The van der Waals surface area contributed by atoms with E-state index < -0.39 is 0 Å². The molecule has 0 radical (unpaired) electrons. The highest BCUT2D eigenvalue weighted by Crippen LogP contribution is 2.53. The van der Waals surface area contributed by atoms with Gasteiger partial charge in [0.15, 0.2) is 0 Å². The van der Waals surface area contributed by atoms with E-state index in [9.17, 15) is 4.39 Å². The van der Waals surface area contributed by atoms with Gasteiger partial charge in [-0.1, -0.05) is 6.42 Å². The molecule has 0 spiro atoms. The molecule has 2 saturated carbocycles. The summed E-state index contributed by atoms with van der Waals surface area (Å²) in [6, 6.07) is 0. The summed E-state index contributed by atoms with van der Waals surface area (Å²) in [5.41, 5.74) is 0. The van der Waals surface area contributed by atoms with Gasteiger partial charge in [0.25, 0.3) is 0 Å². The third-order valence-electron chi connectivity index (χ3n) is 2.30. The molecule has 0 aromatic rings. The average Bonchev–Trinajstić information content (AvgIpc) is 2.26. The first-order chi connectivity index (χ1) is 3.39. The lowest BCUT2D eigenvalue weighted by Gasteiger charge is -1.87. The molecular weight excluding hydrogens is 91.1 g/mol. The van der Waals surface area contributed by atoms with Gasteiger partial charge in [-0.15, -0.1) is 0 Å². The van der Waals surface area contributed by atoms with Crippen LogP contribution in [0.4, 0.5) is 4.39 Å². The molecule has 40 valence electrons. The quantitative estimate of drug-likeness (QED) is 0.435. The van der Waals surface area contributed by atoms with E-state index in [1.165, 1.54) is 19.3 Å². The summed E-state index contributed by atoms with van der Waals surface area (Å²) in [5.74, 6) is 1.03. The first-order valence-corrected chi connectivity index (χ1v) is 3.03. The minimum atomic E-state index is -0.381. The zero-order valence-corrected chi connectivity index (χ0v) is 4.23. The second-order valence-electron chi connectivity index (χ2n) is 2.70. The van der Waals surface area contributed by atoms with Crippen LogP contribution in [-0.2, 0) is 0 Å². The summed E-state index contributed by atoms with van der Waals surface area (Å²) >= 11 is 0. The highest BCUT2D eigenvalue weighted by Gasteiger charge is 2.53. The van der Waals surface area contributed by atoms with Crippen molar-refractivity contribution < 1.29 is 4.39 Å². The van der Waals surface area contributed by atoms with E-state index in [1.807, 2.05) is 0 Å². The Bertz CT molecular complexity index is 80.2. The predicted octanol–water partition coefficient (Wildman–Crippen LogP) is 1.75. The summed E-state index contributed by atoms with van der Waals surface area (Å²) < 4.78 is 12.2. The topological polar surface area (TPSA) is 0 Å². The van der Waals surface area contributed by atoms with Gasteiger partial charge >= 0.3 is 0 Å². The summed E-state index contributed by atoms with van der Waals surface area (Å²) in [7, 11) is 0. The lowest BCUT2D eigenvalue weighted by atomic mass is 10.2. The fourth-order valence-electron chi connectivity index (χ4n) is 1.73. The molecule has 0 N–H and O–H groups in total. The Balaban J connectivity index is 2.06. The molecule has 0 bridgehead atoms. The van der Waals surface area contributed by atoms with Crippen LogP contribution < -0.4 is 0 Å². The molecule has 0 aromatic carbocycles. The predicted molar refractivity (Wildman–Crippen MR) is 25.7 cm³/mol. The van der Waals surface area contributed by atoms with Crippen LogP contribution in [0.3, 0.4) is 0 Å². The maximum atomic E-state index is 12.2. The van der Waals surface area contributed by atoms with Crippen LogP contribution in [0.1, 0.15) is 19.3 Å². The number of rotatable bonds is 0. The normalized spacial score (nSPS) is 57.0. The van der Waals surface area contributed by atoms with Gasteiger partial charge in [-0.3, -0.25) is 0 Å². The van der Waals surface area contributed by atoms with Gasteiger partial charge < -0.3 is 0 Å². The van der Waals surface area contributed by atoms with Crippen molar-refractivity contribution in [3.8, 4) is 0 Å². The highest BCUT2D eigenvalue weighted by atomic mass is 19.1. The zero-order valence-electron chi connectivity index (χ0n) is 4.23. The fraction of sp³-hybridized carbons (Fsp3) is 1.00. The maximum Gasteiger partial charge on any atom is 0.106 e. The Labute approximate surface area is 42.7 Å². The summed E-state index contributed by atoms with van der Waals surface area (Å²) in [6.45, 7) is 0. The Morgan fingerprint density at radius 2 is 1.71 bits per heavy atom.